The minimum absolute atomic E-state index is 0.136. The third-order valence-electron chi connectivity index (χ3n) is 2.76. The molecule has 0 fully saturated rings. The molecule has 1 N–H and O–H groups in total. The molecular formula is C14H12ClFN2O2. The Bertz CT molecular complexity index is 674. The zero-order valence-electron chi connectivity index (χ0n) is 10.9. The maximum absolute atomic E-state index is 14.5. The molecule has 2 rings (SSSR count). The summed E-state index contributed by atoms with van der Waals surface area (Å²) in [4.78, 5) is 16.4. The summed E-state index contributed by atoms with van der Waals surface area (Å²) in [6.07, 6.45) is 0. The van der Waals surface area contributed by atoms with Crippen LogP contribution in [0.15, 0.2) is 30.3 Å². The van der Waals surface area contributed by atoms with Crippen molar-refractivity contribution in [2.45, 2.75) is 0 Å². The summed E-state index contributed by atoms with van der Waals surface area (Å²) >= 11 is 5.97. The third-order valence-corrected chi connectivity index (χ3v) is 3.06. The second-order valence-corrected chi connectivity index (χ2v) is 4.77. The van der Waals surface area contributed by atoms with E-state index < -0.39 is 11.8 Å². The maximum atomic E-state index is 14.5. The largest absolute Gasteiger partial charge is 0.477 e. The lowest BCUT2D eigenvalue weighted by Crippen LogP contribution is -2.12. The lowest BCUT2D eigenvalue weighted by atomic mass is 10.1. The van der Waals surface area contributed by atoms with Gasteiger partial charge >= 0.3 is 5.97 Å². The molecule has 1 heterocycles. The number of hydrogen-bond acceptors (Lipinski definition) is 3. The smallest absolute Gasteiger partial charge is 0.354 e. The van der Waals surface area contributed by atoms with Crippen LogP contribution in [0.1, 0.15) is 10.5 Å². The van der Waals surface area contributed by atoms with Gasteiger partial charge in [-0.3, -0.25) is 0 Å². The number of carboxylic acids is 1. The van der Waals surface area contributed by atoms with Crippen molar-refractivity contribution in [1.82, 2.24) is 4.98 Å². The van der Waals surface area contributed by atoms with E-state index in [4.69, 9.17) is 16.7 Å². The highest BCUT2D eigenvalue weighted by Gasteiger charge is 2.17. The molecule has 0 bridgehead atoms. The van der Waals surface area contributed by atoms with Crippen LogP contribution in [-0.2, 0) is 0 Å². The average Bonchev–Trinajstić information content (AvgIpc) is 2.38. The zero-order valence-corrected chi connectivity index (χ0v) is 11.6. The molecule has 6 heteroatoms. The van der Waals surface area contributed by atoms with Gasteiger partial charge in [0.15, 0.2) is 5.82 Å². The fourth-order valence-corrected chi connectivity index (χ4v) is 2.17. The number of aromatic nitrogens is 1. The summed E-state index contributed by atoms with van der Waals surface area (Å²) in [5.41, 5.74) is 0.568. The van der Waals surface area contributed by atoms with Gasteiger partial charge in [0.05, 0.1) is 16.4 Å². The van der Waals surface area contributed by atoms with Crippen LogP contribution in [0.3, 0.4) is 0 Å². The van der Waals surface area contributed by atoms with Crippen LogP contribution in [0.4, 0.5) is 10.1 Å². The van der Waals surface area contributed by atoms with Crippen molar-refractivity contribution >= 4 is 23.3 Å². The Morgan fingerprint density at radius 2 is 2.00 bits per heavy atom. The summed E-state index contributed by atoms with van der Waals surface area (Å²) in [5.74, 6) is -1.69. The first kappa shape index (κ1) is 14.3. The van der Waals surface area contributed by atoms with Gasteiger partial charge in [0.25, 0.3) is 0 Å². The molecule has 0 unspecified atom stereocenters. The van der Waals surface area contributed by atoms with E-state index in [2.05, 4.69) is 4.98 Å². The molecule has 1 aromatic carbocycles. The molecule has 0 aliphatic heterocycles. The first-order valence-electron chi connectivity index (χ1n) is 5.78. The molecule has 0 aliphatic rings. The molecule has 0 amide bonds. The maximum Gasteiger partial charge on any atom is 0.354 e. The van der Waals surface area contributed by atoms with Crippen LogP contribution in [-0.4, -0.2) is 30.2 Å². The SMILES string of the molecule is CN(C)c1c(Cl)ccc(-c2cccc(C(=O)O)n2)c1F. The van der Waals surface area contributed by atoms with Gasteiger partial charge in [0.1, 0.15) is 5.69 Å². The number of benzene rings is 1. The Hall–Kier alpha value is -2.14. The minimum Gasteiger partial charge on any atom is -0.477 e. The standard InChI is InChI=1S/C14H12ClFN2O2/c1-18(2)13-9(15)7-6-8(12(13)16)10-4-3-5-11(17-10)14(19)20/h3-7H,1-2H3,(H,19,20). The number of carbonyl (C=O) groups is 1. The van der Waals surface area contributed by atoms with Crippen molar-refractivity contribution in [2.24, 2.45) is 0 Å². The van der Waals surface area contributed by atoms with Crippen LogP contribution >= 0.6 is 11.6 Å². The highest BCUT2D eigenvalue weighted by molar-refractivity contribution is 6.33. The number of pyridine rings is 1. The van der Waals surface area contributed by atoms with Crippen molar-refractivity contribution in [3.05, 3.63) is 46.9 Å². The number of carboxylic acid groups (broad SMARTS) is 1. The fraction of sp³-hybridized carbons (Fsp3) is 0.143. The van der Waals surface area contributed by atoms with E-state index >= 15 is 0 Å². The molecule has 0 spiro atoms. The quantitative estimate of drug-likeness (QED) is 0.943. The topological polar surface area (TPSA) is 53.4 Å². The highest BCUT2D eigenvalue weighted by atomic mass is 35.5. The third kappa shape index (κ3) is 2.58. The van der Waals surface area contributed by atoms with Crippen molar-refractivity contribution in [3.8, 4) is 11.3 Å². The van der Waals surface area contributed by atoms with Gasteiger partial charge in [-0.25, -0.2) is 14.2 Å². The summed E-state index contributed by atoms with van der Waals surface area (Å²) in [5, 5.41) is 9.21. The number of halogens is 2. The molecule has 104 valence electrons. The molecule has 20 heavy (non-hydrogen) atoms. The minimum atomic E-state index is -1.16. The lowest BCUT2D eigenvalue weighted by Gasteiger charge is -2.17. The summed E-state index contributed by atoms with van der Waals surface area (Å²) < 4.78 is 14.5. The van der Waals surface area contributed by atoms with Crippen molar-refractivity contribution in [1.29, 1.82) is 0 Å². The molecule has 1 aromatic heterocycles. The van der Waals surface area contributed by atoms with Gasteiger partial charge < -0.3 is 10.0 Å². The Morgan fingerprint density at radius 1 is 1.30 bits per heavy atom. The lowest BCUT2D eigenvalue weighted by molar-refractivity contribution is 0.0690. The van der Waals surface area contributed by atoms with Gasteiger partial charge in [0.2, 0.25) is 0 Å². The van der Waals surface area contributed by atoms with Crippen LogP contribution < -0.4 is 4.90 Å². The molecule has 2 aromatic rings. The molecular weight excluding hydrogens is 283 g/mol. The van der Waals surface area contributed by atoms with E-state index in [1.165, 1.54) is 18.2 Å². The van der Waals surface area contributed by atoms with E-state index in [9.17, 15) is 9.18 Å². The van der Waals surface area contributed by atoms with Gasteiger partial charge in [0, 0.05) is 19.7 Å². The van der Waals surface area contributed by atoms with Gasteiger partial charge in [-0.05, 0) is 24.3 Å². The van der Waals surface area contributed by atoms with Crippen molar-refractivity contribution in [2.75, 3.05) is 19.0 Å². The molecule has 4 nitrogen and oxygen atoms in total. The molecule has 0 atom stereocenters. The van der Waals surface area contributed by atoms with E-state index in [1.54, 1.807) is 31.1 Å². The number of nitrogens with zero attached hydrogens (tertiary/aromatic N) is 2. The van der Waals surface area contributed by atoms with Crippen LogP contribution in [0.25, 0.3) is 11.3 Å². The zero-order chi connectivity index (χ0) is 14.9. The Morgan fingerprint density at radius 3 is 2.60 bits per heavy atom. The average molecular weight is 295 g/mol. The number of aromatic carboxylic acids is 1. The van der Waals surface area contributed by atoms with Crippen molar-refractivity contribution in [3.63, 3.8) is 0 Å². The first-order valence-corrected chi connectivity index (χ1v) is 6.15. The van der Waals surface area contributed by atoms with E-state index in [-0.39, 0.29) is 27.7 Å². The Balaban J connectivity index is 2.62. The summed E-state index contributed by atoms with van der Waals surface area (Å²) in [6, 6.07) is 7.48. The van der Waals surface area contributed by atoms with E-state index in [1.807, 2.05) is 0 Å². The Labute approximate surface area is 120 Å². The number of anilines is 1. The fourth-order valence-electron chi connectivity index (χ4n) is 1.85. The van der Waals surface area contributed by atoms with Crippen molar-refractivity contribution < 1.29 is 14.3 Å². The molecule has 0 saturated carbocycles. The van der Waals surface area contributed by atoms with E-state index in [0.717, 1.165) is 0 Å². The molecule has 0 aliphatic carbocycles. The number of rotatable bonds is 3. The highest BCUT2D eigenvalue weighted by Crippen LogP contribution is 2.34. The summed E-state index contributed by atoms with van der Waals surface area (Å²) in [6.45, 7) is 0. The predicted molar refractivity (Wildman–Crippen MR) is 75.9 cm³/mol. The second kappa shape index (κ2) is 5.46. The second-order valence-electron chi connectivity index (χ2n) is 4.37. The van der Waals surface area contributed by atoms with Gasteiger partial charge in [-0.1, -0.05) is 17.7 Å². The normalized spacial score (nSPS) is 10.4. The number of hydrogen-bond donors (Lipinski definition) is 1. The predicted octanol–water partition coefficient (Wildman–Crippen LogP) is 3.31. The van der Waals surface area contributed by atoms with Crippen LogP contribution in [0.5, 0.6) is 0 Å². The van der Waals surface area contributed by atoms with Gasteiger partial charge in [-0.2, -0.15) is 0 Å². The summed E-state index contributed by atoms with van der Waals surface area (Å²) in [7, 11) is 3.35. The molecule has 0 radical (unpaired) electrons. The monoisotopic (exact) mass is 294 g/mol. The van der Waals surface area contributed by atoms with E-state index in [0.29, 0.717) is 0 Å². The Kier molecular flexibility index (Phi) is 3.90. The van der Waals surface area contributed by atoms with Crippen LogP contribution in [0, 0.1) is 5.82 Å². The first-order chi connectivity index (χ1) is 9.41. The van der Waals surface area contributed by atoms with Crippen LogP contribution in [0.2, 0.25) is 5.02 Å². The molecule has 0 saturated heterocycles. The van der Waals surface area contributed by atoms with Gasteiger partial charge in [-0.15, -0.1) is 0 Å².